The Morgan fingerprint density at radius 2 is 2.00 bits per heavy atom. The van der Waals surface area contributed by atoms with Crippen LogP contribution in [0.15, 0.2) is 60.7 Å². The average Bonchev–Trinajstić information content (AvgIpc) is 2.46. The molecule has 0 unspecified atom stereocenters. The predicted molar refractivity (Wildman–Crippen MR) is 80.6 cm³/mol. The van der Waals surface area contributed by atoms with Crippen molar-refractivity contribution in [2.75, 3.05) is 0 Å². The van der Waals surface area contributed by atoms with Crippen LogP contribution in [0, 0.1) is 0 Å². The predicted octanol–water partition coefficient (Wildman–Crippen LogP) is 3.75. The Labute approximate surface area is 118 Å². The highest BCUT2D eigenvalue weighted by atomic mass is 16.4. The number of carboxylic acid groups (broad SMARTS) is 1. The van der Waals surface area contributed by atoms with Crippen molar-refractivity contribution in [3.63, 3.8) is 0 Å². The molecule has 0 aliphatic rings. The first kappa shape index (κ1) is 14.0. The Balaban J connectivity index is 1.82. The summed E-state index contributed by atoms with van der Waals surface area (Å²) in [5, 5.41) is 9.58. The van der Waals surface area contributed by atoms with E-state index in [0.29, 0.717) is 0 Å². The molecule has 0 bridgehead atoms. The second-order valence-electron chi connectivity index (χ2n) is 4.51. The minimum Gasteiger partial charge on any atom is -0.478 e. The molecule has 102 valence electrons. The molecule has 2 rings (SSSR count). The van der Waals surface area contributed by atoms with Gasteiger partial charge >= 0.3 is 5.97 Å². The van der Waals surface area contributed by atoms with E-state index < -0.39 is 5.97 Å². The number of pyridine rings is 1. The van der Waals surface area contributed by atoms with E-state index in [-0.39, 0.29) is 0 Å². The number of unbranched alkanes of at least 4 members (excludes halogenated alkanes) is 1. The topological polar surface area (TPSA) is 50.2 Å². The summed E-state index contributed by atoms with van der Waals surface area (Å²) in [5.41, 5.74) is 2.13. The van der Waals surface area contributed by atoms with Gasteiger partial charge in [0, 0.05) is 17.2 Å². The molecule has 1 aromatic heterocycles. The first-order valence-corrected chi connectivity index (χ1v) is 6.66. The Hall–Kier alpha value is -2.42. The molecule has 0 spiro atoms. The van der Waals surface area contributed by atoms with Crippen LogP contribution in [0.4, 0.5) is 0 Å². The molecule has 2 aromatic rings. The van der Waals surface area contributed by atoms with Gasteiger partial charge in [0.1, 0.15) is 0 Å². The molecule has 0 radical (unpaired) electrons. The van der Waals surface area contributed by atoms with Crippen LogP contribution in [0.3, 0.4) is 0 Å². The summed E-state index contributed by atoms with van der Waals surface area (Å²) in [4.78, 5) is 14.9. The van der Waals surface area contributed by atoms with Crippen molar-refractivity contribution in [2.45, 2.75) is 19.3 Å². The largest absolute Gasteiger partial charge is 0.478 e. The fourth-order valence-corrected chi connectivity index (χ4v) is 1.96. The van der Waals surface area contributed by atoms with E-state index in [0.717, 1.165) is 41.9 Å². The van der Waals surface area contributed by atoms with Gasteiger partial charge in [-0.25, -0.2) is 4.79 Å². The number of hydrogen-bond acceptors (Lipinski definition) is 2. The summed E-state index contributed by atoms with van der Waals surface area (Å²) in [6.07, 6.45) is 9.25. The number of hydrogen-bond donors (Lipinski definition) is 1. The van der Waals surface area contributed by atoms with Gasteiger partial charge in [0.25, 0.3) is 0 Å². The lowest BCUT2D eigenvalue weighted by atomic mass is 10.1. The van der Waals surface area contributed by atoms with E-state index >= 15 is 0 Å². The molecule has 20 heavy (non-hydrogen) atoms. The molecule has 1 N–H and O–H groups in total. The van der Waals surface area contributed by atoms with Crippen LogP contribution in [0.25, 0.3) is 10.9 Å². The third-order valence-corrected chi connectivity index (χ3v) is 2.95. The molecule has 0 atom stereocenters. The van der Waals surface area contributed by atoms with Crippen LogP contribution >= 0.6 is 0 Å². The van der Waals surface area contributed by atoms with E-state index in [4.69, 9.17) is 5.11 Å². The van der Waals surface area contributed by atoms with Crippen LogP contribution in [0.5, 0.6) is 0 Å². The number of carboxylic acids is 1. The molecule has 0 aliphatic carbocycles. The van der Waals surface area contributed by atoms with Crippen molar-refractivity contribution >= 4 is 16.9 Å². The first-order chi connectivity index (χ1) is 9.75. The average molecular weight is 267 g/mol. The van der Waals surface area contributed by atoms with Crippen LogP contribution in [-0.4, -0.2) is 16.1 Å². The zero-order valence-electron chi connectivity index (χ0n) is 11.2. The van der Waals surface area contributed by atoms with Gasteiger partial charge in [0.2, 0.25) is 0 Å². The van der Waals surface area contributed by atoms with Crippen LogP contribution in [0.2, 0.25) is 0 Å². The Bertz CT molecular complexity index is 644. The van der Waals surface area contributed by atoms with Crippen molar-refractivity contribution in [1.29, 1.82) is 0 Å². The summed E-state index contributed by atoms with van der Waals surface area (Å²) in [6.45, 7) is 0. The molecule has 3 heteroatoms. The van der Waals surface area contributed by atoms with Crippen molar-refractivity contribution in [2.24, 2.45) is 0 Å². The summed E-state index contributed by atoms with van der Waals surface area (Å²) < 4.78 is 0. The van der Waals surface area contributed by atoms with Gasteiger partial charge in [0.15, 0.2) is 0 Å². The molecule has 1 heterocycles. The van der Waals surface area contributed by atoms with Gasteiger partial charge in [-0.1, -0.05) is 42.5 Å². The number of rotatable bonds is 6. The molecule has 0 saturated heterocycles. The third-order valence-electron chi connectivity index (χ3n) is 2.95. The molecular formula is C17H17NO2. The Kier molecular flexibility index (Phi) is 5.07. The molecule has 3 nitrogen and oxygen atoms in total. The molecule has 0 fully saturated rings. The molecule has 0 saturated carbocycles. The minimum atomic E-state index is -0.921. The fourth-order valence-electron chi connectivity index (χ4n) is 1.96. The summed E-state index contributed by atoms with van der Waals surface area (Å²) >= 11 is 0. The number of nitrogens with zero attached hydrogens (tertiary/aromatic N) is 1. The molecule has 1 aromatic carbocycles. The maximum atomic E-state index is 10.3. The SMILES string of the molecule is O=C(O)/C=C/C=C/CCCc1ccc2ccccc2n1. The number of benzene rings is 1. The van der Waals surface area contributed by atoms with Gasteiger partial charge in [-0.2, -0.15) is 0 Å². The maximum Gasteiger partial charge on any atom is 0.328 e. The van der Waals surface area contributed by atoms with Gasteiger partial charge in [-0.3, -0.25) is 4.98 Å². The number of aromatic nitrogens is 1. The van der Waals surface area contributed by atoms with E-state index in [1.54, 1.807) is 6.08 Å². The number of para-hydroxylation sites is 1. The van der Waals surface area contributed by atoms with Gasteiger partial charge < -0.3 is 5.11 Å². The third kappa shape index (κ3) is 4.35. The van der Waals surface area contributed by atoms with Crippen molar-refractivity contribution in [3.8, 4) is 0 Å². The Morgan fingerprint density at radius 3 is 2.85 bits per heavy atom. The van der Waals surface area contributed by atoms with Crippen molar-refractivity contribution in [1.82, 2.24) is 4.98 Å². The molecular weight excluding hydrogens is 250 g/mol. The number of carbonyl (C=O) groups is 1. The van der Waals surface area contributed by atoms with Gasteiger partial charge in [-0.05, 0) is 31.4 Å². The number of aliphatic carboxylic acids is 1. The minimum absolute atomic E-state index is 0.915. The normalized spacial score (nSPS) is 11.6. The van der Waals surface area contributed by atoms with E-state index in [1.807, 2.05) is 24.3 Å². The fraction of sp³-hybridized carbons (Fsp3) is 0.176. The van der Waals surface area contributed by atoms with E-state index in [1.165, 1.54) is 6.08 Å². The van der Waals surface area contributed by atoms with E-state index in [9.17, 15) is 4.79 Å². The summed E-state index contributed by atoms with van der Waals surface area (Å²) in [5.74, 6) is -0.921. The number of aryl methyl sites for hydroxylation is 1. The van der Waals surface area contributed by atoms with Crippen LogP contribution in [0.1, 0.15) is 18.5 Å². The lowest BCUT2D eigenvalue weighted by Crippen LogP contribution is -1.90. The Morgan fingerprint density at radius 1 is 1.15 bits per heavy atom. The summed E-state index contributed by atoms with van der Waals surface area (Å²) in [6, 6.07) is 12.3. The van der Waals surface area contributed by atoms with Crippen LogP contribution < -0.4 is 0 Å². The second-order valence-corrected chi connectivity index (χ2v) is 4.51. The lowest BCUT2D eigenvalue weighted by Gasteiger charge is -2.01. The smallest absolute Gasteiger partial charge is 0.328 e. The number of allylic oxidation sites excluding steroid dienone is 3. The highest BCUT2D eigenvalue weighted by Crippen LogP contribution is 2.13. The standard InChI is InChI=1S/C17H17NO2/c19-17(20)11-5-3-1-2-4-9-15-13-12-14-8-6-7-10-16(14)18-15/h1,3,5-8,10-13H,2,4,9H2,(H,19,20)/b3-1+,11-5+. The summed E-state index contributed by atoms with van der Waals surface area (Å²) in [7, 11) is 0. The zero-order chi connectivity index (χ0) is 14.2. The van der Waals surface area contributed by atoms with E-state index in [2.05, 4.69) is 23.2 Å². The van der Waals surface area contributed by atoms with Gasteiger partial charge in [-0.15, -0.1) is 0 Å². The van der Waals surface area contributed by atoms with Crippen molar-refractivity contribution < 1.29 is 9.90 Å². The first-order valence-electron chi connectivity index (χ1n) is 6.66. The second kappa shape index (κ2) is 7.24. The highest BCUT2D eigenvalue weighted by molar-refractivity contribution is 5.80. The number of fused-ring (bicyclic) bond motifs is 1. The lowest BCUT2D eigenvalue weighted by molar-refractivity contribution is -0.131. The molecule has 0 amide bonds. The van der Waals surface area contributed by atoms with Crippen molar-refractivity contribution in [3.05, 3.63) is 66.4 Å². The quantitative estimate of drug-likeness (QED) is 0.492. The molecule has 0 aliphatic heterocycles. The highest BCUT2D eigenvalue weighted by Gasteiger charge is 1.97. The van der Waals surface area contributed by atoms with Crippen LogP contribution in [-0.2, 0) is 11.2 Å². The zero-order valence-corrected chi connectivity index (χ0v) is 11.2. The maximum absolute atomic E-state index is 10.3. The van der Waals surface area contributed by atoms with Gasteiger partial charge in [0.05, 0.1) is 5.52 Å². The monoisotopic (exact) mass is 267 g/mol.